The van der Waals surface area contributed by atoms with Crippen LogP contribution in [0.15, 0.2) is 24.3 Å². The highest BCUT2D eigenvalue weighted by molar-refractivity contribution is 5.22. The summed E-state index contributed by atoms with van der Waals surface area (Å²) < 4.78 is 11.7. The van der Waals surface area contributed by atoms with E-state index in [-0.39, 0.29) is 6.29 Å². The van der Waals surface area contributed by atoms with Gasteiger partial charge in [0.15, 0.2) is 6.29 Å². The number of aryl methyl sites for hydroxylation is 2. The number of hydrogen-bond acceptors (Lipinski definition) is 2. The molecule has 0 aromatic heterocycles. The largest absolute Gasteiger partial charge is 0.352 e. The molecule has 24 heavy (non-hydrogen) atoms. The van der Waals surface area contributed by atoms with Crippen LogP contribution in [0.3, 0.4) is 0 Å². The third-order valence-corrected chi connectivity index (χ3v) is 4.97. The van der Waals surface area contributed by atoms with Crippen LogP contribution in [-0.4, -0.2) is 19.5 Å². The summed E-state index contributed by atoms with van der Waals surface area (Å²) in [4.78, 5) is 0. The fourth-order valence-electron chi connectivity index (χ4n) is 3.40. The van der Waals surface area contributed by atoms with Crippen LogP contribution in [0.25, 0.3) is 0 Å². The maximum Gasteiger partial charge on any atom is 0.157 e. The minimum absolute atomic E-state index is 0.0643. The third kappa shape index (κ3) is 7.36. The molecule has 0 saturated carbocycles. The van der Waals surface area contributed by atoms with E-state index in [1.807, 2.05) is 0 Å². The highest BCUT2D eigenvalue weighted by Gasteiger charge is 2.21. The van der Waals surface area contributed by atoms with Crippen molar-refractivity contribution in [1.82, 2.24) is 0 Å². The Morgan fingerprint density at radius 3 is 2.00 bits per heavy atom. The first-order chi connectivity index (χ1) is 11.8. The van der Waals surface area contributed by atoms with Crippen LogP contribution >= 0.6 is 0 Å². The highest BCUT2D eigenvalue weighted by Crippen LogP contribution is 2.21. The van der Waals surface area contributed by atoms with E-state index in [0.717, 1.165) is 19.6 Å². The minimum Gasteiger partial charge on any atom is -0.352 e. The lowest BCUT2D eigenvalue weighted by Crippen LogP contribution is -2.32. The summed E-state index contributed by atoms with van der Waals surface area (Å²) in [7, 11) is 0. The van der Waals surface area contributed by atoms with Gasteiger partial charge in [-0.2, -0.15) is 0 Å². The molecular formula is C22H36O2. The van der Waals surface area contributed by atoms with Crippen LogP contribution in [-0.2, 0) is 22.3 Å². The van der Waals surface area contributed by atoms with Gasteiger partial charge in [-0.1, -0.05) is 63.8 Å². The Labute approximate surface area is 148 Å². The fraction of sp³-hybridized carbons (Fsp3) is 0.727. The van der Waals surface area contributed by atoms with Crippen LogP contribution < -0.4 is 0 Å². The Morgan fingerprint density at radius 2 is 1.38 bits per heavy atom. The van der Waals surface area contributed by atoms with Crippen molar-refractivity contribution < 1.29 is 9.47 Å². The van der Waals surface area contributed by atoms with Gasteiger partial charge < -0.3 is 9.47 Å². The van der Waals surface area contributed by atoms with E-state index in [2.05, 4.69) is 38.1 Å². The van der Waals surface area contributed by atoms with Gasteiger partial charge >= 0.3 is 0 Å². The van der Waals surface area contributed by atoms with Crippen molar-refractivity contribution in [2.45, 2.75) is 84.3 Å². The molecule has 2 rings (SSSR count). The maximum absolute atomic E-state index is 5.87. The van der Waals surface area contributed by atoms with Crippen molar-refractivity contribution in [2.24, 2.45) is 5.92 Å². The molecule has 0 bridgehead atoms. The van der Waals surface area contributed by atoms with Gasteiger partial charge in [0.1, 0.15) is 0 Å². The molecule has 0 aliphatic carbocycles. The molecule has 1 aliphatic rings. The molecule has 0 atom stereocenters. The summed E-state index contributed by atoms with van der Waals surface area (Å²) in [5.41, 5.74) is 2.94. The van der Waals surface area contributed by atoms with E-state index in [1.54, 1.807) is 0 Å². The lowest BCUT2D eigenvalue weighted by molar-refractivity contribution is -0.204. The van der Waals surface area contributed by atoms with Crippen molar-refractivity contribution >= 4 is 0 Å². The lowest BCUT2D eigenvalue weighted by atomic mass is 9.99. The summed E-state index contributed by atoms with van der Waals surface area (Å²) >= 11 is 0. The van der Waals surface area contributed by atoms with Gasteiger partial charge in [0.2, 0.25) is 0 Å². The van der Waals surface area contributed by atoms with Crippen LogP contribution in [0.4, 0.5) is 0 Å². The zero-order valence-corrected chi connectivity index (χ0v) is 15.8. The number of hydrogen-bond donors (Lipinski definition) is 0. The second-order valence-electron chi connectivity index (χ2n) is 7.27. The Bertz CT molecular complexity index is 418. The van der Waals surface area contributed by atoms with Gasteiger partial charge in [-0.05, 0) is 49.7 Å². The zero-order valence-electron chi connectivity index (χ0n) is 15.8. The monoisotopic (exact) mass is 332 g/mol. The van der Waals surface area contributed by atoms with Gasteiger partial charge in [0, 0.05) is 5.92 Å². The molecular weight excluding hydrogens is 296 g/mol. The first-order valence-corrected chi connectivity index (χ1v) is 10.1. The molecule has 0 radical (unpaired) electrons. The topological polar surface area (TPSA) is 18.5 Å². The molecule has 0 amide bonds. The number of benzene rings is 1. The first kappa shape index (κ1) is 19.5. The Kier molecular flexibility index (Phi) is 9.45. The van der Waals surface area contributed by atoms with E-state index >= 15 is 0 Å². The SMILES string of the molecule is CCCCCC1OCC(CCCCc2ccc(CCC)cc2)CO1. The molecule has 136 valence electrons. The molecule has 0 unspecified atom stereocenters. The smallest absolute Gasteiger partial charge is 0.157 e. The number of rotatable bonds is 11. The van der Waals surface area contributed by atoms with Crippen LogP contribution in [0.5, 0.6) is 0 Å². The number of unbranched alkanes of at least 4 members (excludes halogenated alkanes) is 3. The molecule has 1 aliphatic heterocycles. The number of ether oxygens (including phenoxy) is 2. The summed E-state index contributed by atoms with van der Waals surface area (Å²) in [5, 5.41) is 0. The third-order valence-electron chi connectivity index (χ3n) is 4.97. The molecule has 1 heterocycles. The molecule has 1 aromatic carbocycles. The molecule has 1 fully saturated rings. The Hall–Kier alpha value is -0.860. The highest BCUT2D eigenvalue weighted by atomic mass is 16.7. The van der Waals surface area contributed by atoms with Crippen molar-refractivity contribution in [3.05, 3.63) is 35.4 Å². The summed E-state index contributed by atoms with van der Waals surface area (Å²) in [6.45, 7) is 6.25. The normalized spacial score (nSPS) is 21.1. The standard InChI is InChI=1S/C22H36O2/c1-3-5-6-12-22-23-17-21(18-24-22)11-8-7-10-20-15-13-19(9-4-2)14-16-20/h13-16,21-22H,3-12,17-18H2,1-2H3. The second kappa shape index (κ2) is 11.7. The average molecular weight is 333 g/mol. The van der Waals surface area contributed by atoms with Crippen molar-refractivity contribution in [2.75, 3.05) is 13.2 Å². The van der Waals surface area contributed by atoms with Crippen LogP contribution in [0, 0.1) is 5.92 Å². The van der Waals surface area contributed by atoms with Crippen molar-refractivity contribution in [3.63, 3.8) is 0 Å². The fourth-order valence-corrected chi connectivity index (χ4v) is 3.40. The van der Waals surface area contributed by atoms with E-state index in [1.165, 1.54) is 68.9 Å². The lowest BCUT2D eigenvalue weighted by Gasteiger charge is -2.29. The van der Waals surface area contributed by atoms with Crippen molar-refractivity contribution in [3.8, 4) is 0 Å². The summed E-state index contributed by atoms with van der Waals surface area (Å²) in [6, 6.07) is 9.19. The quantitative estimate of drug-likeness (QED) is 0.468. The van der Waals surface area contributed by atoms with E-state index in [9.17, 15) is 0 Å². The van der Waals surface area contributed by atoms with Gasteiger partial charge in [0.25, 0.3) is 0 Å². The van der Waals surface area contributed by atoms with Gasteiger partial charge in [0.05, 0.1) is 13.2 Å². The summed E-state index contributed by atoms with van der Waals surface area (Å²) in [6.07, 6.45) is 12.3. The van der Waals surface area contributed by atoms with E-state index < -0.39 is 0 Å². The molecule has 1 saturated heterocycles. The van der Waals surface area contributed by atoms with E-state index in [0.29, 0.717) is 5.92 Å². The molecule has 2 heteroatoms. The van der Waals surface area contributed by atoms with Crippen LogP contribution in [0.1, 0.15) is 76.3 Å². The maximum atomic E-state index is 5.87. The molecule has 0 N–H and O–H groups in total. The van der Waals surface area contributed by atoms with Crippen LogP contribution in [0.2, 0.25) is 0 Å². The van der Waals surface area contributed by atoms with Gasteiger partial charge in [-0.3, -0.25) is 0 Å². The Balaban J connectivity index is 1.53. The molecule has 0 spiro atoms. The predicted octanol–water partition coefficient (Wildman–Crippen LogP) is 5.92. The molecule has 2 nitrogen and oxygen atoms in total. The average Bonchev–Trinajstić information content (AvgIpc) is 2.62. The van der Waals surface area contributed by atoms with Crippen molar-refractivity contribution in [1.29, 1.82) is 0 Å². The summed E-state index contributed by atoms with van der Waals surface area (Å²) in [5.74, 6) is 0.597. The predicted molar refractivity (Wildman–Crippen MR) is 101 cm³/mol. The second-order valence-corrected chi connectivity index (χ2v) is 7.27. The zero-order chi connectivity index (χ0) is 17.0. The van der Waals surface area contributed by atoms with E-state index in [4.69, 9.17) is 9.47 Å². The van der Waals surface area contributed by atoms with Gasteiger partial charge in [-0.25, -0.2) is 0 Å². The Morgan fingerprint density at radius 1 is 0.750 bits per heavy atom. The van der Waals surface area contributed by atoms with Gasteiger partial charge in [-0.15, -0.1) is 0 Å². The molecule has 1 aromatic rings. The minimum atomic E-state index is 0.0643. The first-order valence-electron chi connectivity index (χ1n) is 10.1.